The topological polar surface area (TPSA) is 68.1 Å². The molecule has 5 nitrogen and oxygen atoms in total. The van der Waals surface area contributed by atoms with Gasteiger partial charge >= 0.3 is 5.97 Å². The van der Waals surface area contributed by atoms with E-state index < -0.39 is 0 Å². The van der Waals surface area contributed by atoms with Crippen LogP contribution in [-0.4, -0.2) is 23.9 Å². The normalized spacial score (nSPS) is 16.0. The summed E-state index contributed by atoms with van der Waals surface area (Å²) in [5.41, 5.74) is 2.15. The van der Waals surface area contributed by atoms with Crippen LogP contribution in [0, 0.1) is 0 Å². The minimum absolute atomic E-state index is 0.144. The fraction of sp³-hybridized carbons (Fsp3) is 0.222. The maximum Gasteiger partial charge on any atom is 0.306 e. The van der Waals surface area contributed by atoms with Gasteiger partial charge in [-0.2, -0.15) is 0 Å². The van der Waals surface area contributed by atoms with E-state index in [1.807, 2.05) is 18.2 Å². The molecule has 124 valence electrons. The number of aromatic hydroxyl groups is 1. The molecular formula is C18H16BrNO4. The highest BCUT2D eigenvalue weighted by molar-refractivity contribution is 9.10. The van der Waals surface area contributed by atoms with Crippen LogP contribution < -0.4 is 4.74 Å². The van der Waals surface area contributed by atoms with Crippen molar-refractivity contribution in [2.75, 3.05) is 6.61 Å². The van der Waals surface area contributed by atoms with E-state index >= 15 is 0 Å². The Bertz CT molecular complexity index is 804. The number of carbonyl (C=O) groups is 1. The van der Waals surface area contributed by atoms with Gasteiger partial charge in [0.25, 0.3) is 0 Å². The first-order chi connectivity index (χ1) is 11.6. The number of benzene rings is 2. The number of phenolic OH excluding ortho intramolecular Hbond substituents is 1. The molecule has 0 radical (unpaired) electrons. The fourth-order valence-electron chi connectivity index (χ4n) is 2.37. The van der Waals surface area contributed by atoms with Crippen molar-refractivity contribution in [2.45, 2.75) is 19.4 Å². The molecule has 1 aliphatic heterocycles. The molecule has 0 aromatic heterocycles. The predicted molar refractivity (Wildman–Crippen MR) is 94.1 cm³/mol. The number of rotatable bonds is 4. The van der Waals surface area contributed by atoms with Crippen molar-refractivity contribution in [3.05, 3.63) is 52.0 Å². The van der Waals surface area contributed by atoms with Gasteiger partial charge in [0, 0.05) is 29.8 Å². The van der Waals surface area contributed by atoms with E-state index in [1.54, 1.807) is 31.3 Å². The smallest absolute Gasteiger partial charge is 0.306 e. The Balaban J connectivity index is 1.79. The predicted octanol–water partition coefficient (Wildman–Crippen LogP) is 4.29. The van der Waals surface area contributed by atoms with Crippen LogP contribution in [0.5, 0.6) is 11.5 Å². The SMILES string of the molecule is CCC(=O)O[C@@H]1COc2cc(N=Cc3cccc(Br)c3O)ccc21. The molecule has 2 aromatic rings. The number of ether oxygens (including phenoxy) is 2. The summed E-state index contributed by atoms with van der Waals surface area (Å²) in [6.45, 7) is 2.08. The monoisotopic (exact) mass is 389 g/mol. The van der Waals surface area contributed by atoms with Crippen molar-refractivity contribution < 1.29 is 19.4 Å². The number of esters is 1. The number of halogens is 1. The average Bonchev–Trinajstić information content (AvgIpc) is 2.98. The lowest BCUT2D eigenvalue weighted by Crippen LogP contribution is -2.11. The van der Waals surface area contributed by atoms with E-state index in [0.717, 1.165) is 5.56 Å². The quantitative estimate of drug-likeness (QED) is 0.625. The summed E-state index contributed by atoms with van der Waals surface area (Å²) < 4.78 is 11.5. The van der Waals surface area contributed by atoms with Gasteiger partial charge < -0.3 is 14.6 Å². The number of fused-ring (bicyclic) bond motifs is 1. The zero-order valence-electron chi connectivity index (χ0n) is 13.0. The van der Waals surface area contributed by atoms with Crippen LogP contribution in [0.1, 0.15) is 30.6 Å². The molecule has 2 aromatic carbocycles. The van der Waals surface area contributed by atoms with Crippen LogP contribution in [-0.2, 0) is 9.53 Å². The molecule has 0 unspecified atom stereocenters. The highest BCUT2D eigenvalue weighted by Gasteiger charge is 2.27. The van der Waals surface area contributed by atoms with Crippen molar-refractivity contribution in [2.24, 2.45) is 4.99 Å². The van der Waals surface area contributed by atoms with Crippen LogP contribution >= 0.6 is 15.9 Å². The Morgan fingerprint density at radius 3 is 3.08 bits per heavy atom. The van der Waals surface area contributed by atoms with Crippen molar-refractivity contribution >= 4 is 33.8 Å². The van der Waals surface area contributed by atoms with E-state index in [1.165, 1.54) is 0 Å². The molecule has 0 amide bonds. The zero-order valence-corrected chi connectivity index (χ0v) is 14.6. The summed E-state index contributed by atoms with van der Waals surface area (Å²) in [6, 6.07) is 10.8. The molecule has 6 heteroatoms. The third-order valence-electron chi connectivity index (χ3n) is 3.67. The molecule has 24 heavy (non-hydrogen) atoms. The molecule has 0 bridgehead atoms. The largest absolute Gasteiger partial charge is 0.506 e. The van der Waals surface area contributed by atoms with Crippen molar-refractivity contribution in [3.63, 3.8) is 0 Å². The van der Waals surface area contributed by atoms with Gasteiger partial charge in [0.1, 0.15) is 18.1 Å². The van der Waals surface area contributed by atoms with E-state index in [4.69, 9.17) is 9.47 Å². The number of nitrogens with zero attached hydrogens (tertiary/aromatic N) is 1. The maximum absolute atomic E-state index is 11.4. The summed E-state index contributed by atoms with van der Waals surface area (Å²) in [6.07, 6.45) is 1.56. The molecule has 0 fully saturated rings. The number of hydrogen-bond acceptors (Lipinski definition) is 5. The summed E-state index contributed by atoms with van der Waals surface area (Å²) in [4.78, 5) is 15.8. The number of phenols is 1. The van der Waals surface area contributed by atoms with Gasteiger partial charge in [-0.1, -0.05) is 13.0 Å². The van der Waals surface area contributed by atoms with Crippen molar-refractivity contribution in [1.29, 1.82) is 0 Å². The first kappa shape index (κ1) is 16.5. The summed E-state index contributed by atoms with van der Waals surface area (Å²) in [5, 5.41) is 9.96. The van der Waals surface area contributed by atoms with E-state index in [9.17, 15) is 9.90 Å². The van der Waals surface area contributed by atoms with E-state index in [-0.39, 0.29) is 17.8 Å². The van der Waals surface area contributed by atoms with Crippen molar-refractivity contribution in [1.82, 2.24) is 0 Å². The van der Waals surface area contributed by atoms with Crippen molar-refractivity contribution in [3.8, 4) is 11.5 Å². The molecule has 0 saturated heterocycles. The Morgan fingerprint density at radius 1 is 1.46 bits per heavy atom. The minimum Gasteiger partial charge on any atom is -0.506 e. The van der Waals surface area contributed by atoms with Crippen LogP contribution in [0.25, 0.3) is 0 Å². The molecule has 1 heterocycles. The van der Waals surface area contributed by atoms with Gasteiger partial charge in [0.05, 0.1) is 10.2 Å². The lowest BCUT2D eigenvalue weighted by molar-refractivity contribution is -0.149. The van der Waals surface area contributed by atoms with Crippen LogP contribution in [0.4, 0.5) is 5.69 Å². The highest BCUT2D eigenvalue weighted by Crippen LogP contribution is 2.37. The van der Waals surface area contributed by atoms with Gasteiger partial charge in [0.15, 0.2) is 6.10 Å². The second-order valence-corrected chi connectivity index (χ2v) is 6.16. The molecule has 0 spiro atoms. The van der Waals surface area contributed by atoms with Crippen LogP contribution in [0.15, 0.2) is 45.9 Å². The van der Waals surface area contributed by atoms with Crippen LogP contribution in [0.3, 0.4) is 0 Å². The lowest BCUT2D eigenvalue weighted by atomic mass is 10.1. The molecule has 0 saturated carbocycles. The summed E-state index contributed by atoms with van der Waals surface area (Å²) in [5.74, 6) is 0.561. The molecule has 0 aliphatic carbocycles. The minimum atomic E-state index is -0.361. The number of aliphatic imine (C=N–C) groups is 1. The molecular weight excluding hydrogens is 374 g/mol. The lowest BCUT2D eigenvalue weighted by Gasteiger charge is -2.09. The van der Waals surface area contributed by atoms with Crippen LogP contribution in [0.2, 0.25) is 0 Å². The summed E-state index contributed by atoms with van der Waals surface area (Å²) >= 11 is 3.27. The Morgan fingerprint density at radius 2 is 2.29 bits per heavy atom. The zero-order chi connectivity index (χ0) is 17.1. The average molecular weight is 390 g/mol. The molecule has 1 atom stereocenters. The molecule has 1 N–H and O–H groups in total. The van der Waals surface area contributed by atoms with Gasteiger partial charge in [-0.25, -0.2) is 0 Å². The maximum atomic E-state index is 11.4. The van der Waals surface area contributed by atoms with E-state index in [2.05, 4.69) is 20.9 Å². The number of carbonyl (C=O) groups excluding carboxylic acids is 1. The third-order valence-corrected chi connectivity index (χ3v) is 4.31. The first-order valence-corrected chi connectivity index (χ1v) is 8.35. The van der Waals surface area contributed by atoms with E-state index in [0.29, 0.717) is 34.5 Å². The Hall–Kier alpha value is -2.34. The summed E-state index contributed by atoms with van der Waals surface area (Å²) in [7, 11) is 0. The molecule has 1 aliphatic rings. The highest BCUT2D eigenvalue weighted by atomic mass is 79.9. The second-order valence-electron chi connectivity index (χ2n) is 5.30. The second kappa shape index (κ2) is 7.05. The number of para-hydroxylation sites is 1. The van der Waals surface area contributed by atoms with Gasteiger partial charge in [-0.05, 0) is 40.2 Å². The standard InChI is InChI=1S/C18H16BrNO4/c1-2-17(21)24-16-10-23-15-8-12(6-7-13(15)16)20-9-11-4-3-5-14(19)18(11)22/h3-9,16,22H,2,10H2,1H3/t16-/m1/s1. The third kappa shape index (κ3) is 3.43. The Kier molecular flexibility index (Phi) is 4.85. The fourth-order valence-corrected chi connectivity index (χ4v) is 2.75. The molecule has 3 rings (SSSR count). The van der Waals surface area contributed by atoms with Gasteiger partial charge in [-0.15, -0.1) is 0 Å². The number of hydrogen-bond donors (Lipinski definition) is 1. The first-order valence-electron chi connectivity index (χ1n) is 7.56. The van der Waals surface area contributed by atoms with Gasteiger partial charge in [-0.3, -0.25) is 9.79 Å². The van der Waals surface area contributed by atoms with Gasteiger partial charge in [0.2, 0.25) is 0 Å². The Labute approximate surface area is 148 Å².